The number of Topliss-reactive ketones (excluding diaryl/α,β-unsaturated/α-hetero) is 1. The fourth-order valence-electron chi connectivity index (χ4n) is 2.41. The molecule has 104 valence electrons. The molecule has 4 heteroatoms. The molecule has 0 heterocycles. The van der Waals surface area contributed by atoms with Crippen molar-refractivity contribution in [3.8, 4) is 5.75 Å². The number of nitrogens with zero attached hydrogens (tertiary/aromatic N) is 1. The Hall–Kier alpha value is -1.42. The van der Waals surface area contributed by atoms with Crippen LogP contribution in [0.5, 0.6) is 5.75 Å². The van der Waals surface area contributed by atoms with E-state index in [0.717, 1.165) is 6.54 Å². The summed E-state index contributed by atoms with van der Waals surface area (Å²) in [4.78, 5) is 14.2. The highest BCUT2D eigenvalue weighted by Crippen LogP contribution is 2.27. The summed E-state index contributed by atoms with van der Waals surface area (Å²) in [5.41, 5.74) is 0.322. The molecule has 0 N–H and O–H groups in total. The van der Waals surface area contributed by atoms with E-state index in [4.69, 9.17) is 4.74 Å². The molecule has 0 saturated heterocycles. The van der Waals surface area contributed by atoms with Crippen molar-refractivity contribution < 1.29 is 13.9 Å². The summed E-state index contributed by atoms with van der Waals surface area (Å²) in [6.45, 7) is 1.24. The SMILES string of the molecule is COc1ccc(F)cc1C(=O)CN(C)CC1CCC1. The summed E-state index contributed by atoms with van der Waals surface area (Å²) in [5, 5.41) is 0. The van der Waals surface area contributed by atoms with E-state index in [2.05, 4.69) is 0 Å². The lowest BCUT2D eigenvalue weighted by Crippen LogP contribution is -2.33. The minimum Gasteiger partial charge on any atom is -0.496 e. The third-order valence-electron chi connectivity index (χ3n) is 3.67. The molecule has 0 amide bonds. The normalized spacial score (nSPS) is 15.4. The number of halogens is 1. The van der Waals surface area contributed by atoms with E-state index in [1.807, 2.05) is 11.9 Å². The van der Waals surface area contributed by atoms with Gasteiger partial charge in [0.05, 0.1) is 19.2 Å². The summed E-state index contributed by atoms with van der Waals surface area (Å²) in [5.74, 6) is 0.639. The lowest BCUT2D eigenvalue weighted by atomic mass is 9.85. The third kappa shape index (κ3) is 3.53. The van der Waals surface area contributed by atoms with Crippen molar-refractivity contribution in [3.05, 3.63) is 29.6 Å². The van der Waals surface area contributed by atoms with Gasteiger partial charge in [-0.3, -0.25) is 9.69 Å². The maximum Gasteiger partial charge on any atom is 0.180 e. The Balaban J connectivity index is 1.99. The molecule has 1 saturated carbocycles. The highest BCUT2D eigenvalue weighted by molar-refractivity contribution is 6.00. The second-order valence-electron chi connectivity index (χ2n) is 5.26. The predicted octanol–water partition coefficient (Wildman–Crippen LogP) is 2.75. The number of ketones is 1. The molecule has 0 radical (unpaired) electrons. The molecule has 0 spiro atoms. The van der Waals surface area contributed by atoms with Gasteiger partial charge in [0.15, 0.2) is 5.78 Å². The molecule has 19 heavy (non-hydrogen) atoms. The maximum absolute atomic E-state index is 13.2. The van der Waals surface area contributed by atoms with Gasteiger partial charge in [-0.05, 0) is 44.0 Å². The molecule has 1 aromatic rings. The molecule has 2 rings (SSSR count). The molecule has 0 atom stereocenters. The van der Waals surface area contributed by atoms with Crippen LogP contribution in [0.3, 0.4) is 0 Å². The summed E-state index contributed by atoms with van der Waals surface area (Å²) in [6, 6.07) is 4.04. The van der Waals surface area contributed by atoms with Gasteiger partial charge in [-0.25, -0.2) is 4.39 Å². The first-order chi connectivity index (χ1) is 9.10. The predicted molar refractivity (Wildman–Crippen MR) is 72.1 cm³/mol. The van der Waals surface area contributed by atoms with Crippen molar-refractivity contribution in [2.45, 2.75) is 19.3 Å². The summed E-state index contributed by atoms with van der Waals surface area (Å²) in [6.07, 6.45) is 3.80. The lowest BCUT2D eigenvalue weighted by molar-refractivity contribution is 0.0921. The smallest absolute Gasteiger partial charge is 0.180 e. The minimum atomic E-state index is -0.411. The molecule has 3 nitrogen and oxygen atoms in total. The van der Waals surface area contributed by atoms with Crippen LogP contribution < -0.4 is 4.74 Å². The van der Waals surface area contributed by atoms with Crippen LogP contribution in [-0.4, -0.2) is 37.9 Å². The fourth-order valence-corrected chi connectivity index (χ4v) is 2.41. The van der Waals surface area contributed by atoms with Crippen LogP contribution in [-0.2, 0) is 0 Å². The van der Waals surface area contributed by atoms with Gasteiger partial charge in [0.25, 0.3) is 0 Å². The van der Waals surface area contributed by atoms with Crippen molar-refractivity contribution in [2.75, 3.05) is 27.2 Å². The van der Waals surface area contributed by atoms with Crippen LogP contribution in [0.15, 0.2) is 18.2 Å². The van der Waals surface area contributed by atoms with E-state index in [1.165, 1.54) is 44.6 Å². The van der Waals surface area contributed by atoms with E-state index in [1.54, 1.807) is 0 Å². The van der Waals surface area contributed by atoms with Gasteiger partial charge in [-0.2, -0.15) is 0 Å². The number of rotatable bonds is 6. The molecule has 1 fully saturated rings. The van der Waals surface area contributed by atoms with E-state index in [9.17, 15) is 9.18 Å². The van der Waals surface area contributed by atoms with Crippen molar-refractivity contribution in [1.82, 2.24) is 4.90 Å². The maximum atomic E-state index is 13.2. The van der Waals surface area contributed by atoms with Crippen LogP contribution in [0.1, 0.15) is 29.6 Å². The van der Waals surface area contributed by atoms with Crippen LogP contribution in [0.25, 0.3) is 0 Å². The lowest BCUT2D eigenvalue weighted by Gasteiger charge is -2.29. The Kier molecular flexibility index (Phi) is 4.53. The van der Waals surface area contributed by atoms with Crippen molar-refractivity contribution in [2.24, 2.45) is 5.92 Å². The monoisotopic (exact) mass is 265 g/mol. The highest BCUT2D eigenvalue weighted by atomic mass is 19.1. The van der Waals surface area contributed by atoms with E-state index < -0.39 is 5.82 Å². The molecule has 0 aliphatic heterocycles. The zero-order chi connectivity index (χ0) is 13.8. The first kappa shape index (κ1) is 14.0. The Morgan fingerprint density at radius 2 is 2.21 bits per heavy atom. The molecule has 0 aromatic heterocycles. The van der Waals surface area contributed by atoms with Crippen LogP contribution >= 0.6 is 0 Å². The number of hydrogen-bond donors (Lipinski definition) is 0. The molecule has 1 aromatic carbocycles. The number of methoxy groups -OCH3 is 1. The molecule has 0 bridgehead atoms. The summed E-state index contributed by atoms with van der Waals surface area (Å²) in [7, 11) is 3.42. The van der Waals surface area contributed by atoms with Crippen molar-refractivity contribution >= 4 is 5.78 Å². The van der Waals surface area contributed by atoms with Gasteiger partial charge in [0.2, 0.25) is 0 Å². The number of carbonyl (C=O) groups excluding carboxylic acids is 1. The standard InChI is InChI=1S/C15H20FNO2/c1-17(9-11-4-3-5-11)10-14(18)13-8-12(16)6-7-15(13)19-2/h6-8,11H,3-5,9-10H2,1-2H3. The van der Waals surface area contributed by atoms with E-state index in [-0.39, 0.29) is 5.78 Å². The number of carbonyl (C=O) groups is 1. The molecular weight excluding hydrogens is 245 g/mol. The second-order valence-corrected chi connectivity index (χ2v) is 5.26. The van der Waals surface area contributed by atoms with Gasteiger partial charge in [0.1, 0.15) is 11.6 Å². The van der Waals surface area contributed by atoms with Gasteiger partial charge in [0, 0.05) is 6.54 Å². The zero-order valence-corrected chi connectivity index (χ0v) is 11.5. The average molecular weight is 265 g/mol. The van der Waals surface area contributed by atoms with Crippen LogP contribution in [0, 0.1) is 11.7 Å². The average Bonchev–Trinajstić information content (AvgIpc) is 2.33. The van der Waals surface area contributed by atoms with Crippen molar-refractivity contribution in [3.63, 3.8) is 0 Å². The van der Waals surface area contributed by atoms with Gasteiger partial charge >= 0.3 is 0 Å². The topological polar surface area (TPSA) is 29.5 Å². The van der Waals surface area contributed by atoms with Crippen LogP contribution in [0.2, 0.25) is 0 Å². The first-order valence-corrected chi connectivity index (χ1v) is 6.65. The van der Waals surface area contributed by atoms with Gasteiger partial charge in [-0.1, -0.05) is 6.42 Å². The minimum absolute atomic E-state index is 0.0989. The van der Waals surface area contributed by atoms with Gasteiger partial charge in [-0.15, -0.1) is 0 Å². The number of ether oxygens (including phenoxy) is 1. The Morgan fingerprint density at radius 3 is 2.79 bits per heavy atom. The van der Waals surface area contributed by atoms with Crippen LogP contribution in [0.4, 0.5) is 4.39 Å². The van der Waals surface area contributed by atoms with Crippen molar-refractivity contribution in [1.29, 1.82) is 0 Å². The molecular formula is C15H20FNO2. The number of likely N-dealkylation sites (N-methyl/N-ethyl adjacent to an activating group) is 1. The first-order valence-electron chi connectivity index (χ1n) is 6.65. The highest BCUT2D eigenvalue weighted by Gasteiger charge is 2.21. The summed E-state index contributed by atoms with van der Waals surface area (Å²) >= 11 is 0. The number of benzene rings is 1. The Labute approximate surface area is 113 Å². The molecule has 1 aliphatic carbocycles. The molecule has 1 aliphatic rings. The quantitative estimate of drug-likeness (QED) is 0.741. The summed E-state index contributed by atoms with van der Waals surface area (Å²) < 4.78 is 18.3. The molecule has 0 unspecified atom stereocenters. The number of hydrogen-bond acceptors (Lipinski definition) is 3. The Bertz CT molecular complexity index is 457. The van der Waals surface area contributed by atoms with Gasteiger partial charge < -0.3 is 4.74 Å². The largest absolute Gasteiger partial charge is 0.496 e. The zero-order valence-electron chi connectivity index (χ0n) is 11.5. The third-order valence-corrected chi connectivity index (χ3v) is 3.67. The van der Waals surface area contributed by atoms with E-state index in [0.29, 0.717) is 23.8 Å². The fraction of sp³-hybridized carbons (Fsp3) is 0.533. The second kappa shape index (κ2) is 6.15. The van der Waals surface area contributed by atoms with E-state index >= 15 is 0 Å². The Morgan fingerprint density at radius 1 is 1.47 bits per heavy atom.